The molecule has 0 saturated heterocycles. The summed E-state index contributed by atoms with van der Waals surface area (Å²) in [5.41, 5.74) is 2.15. The molecule has 0 aliphatic rings. The number of nitriles is 1. The van der Waals surface area contributed by atoms with E-state index in [4.69, 9.17) is 5.26 Å². The lowest BCUT2D eigenvalue weighted by Crippen LogP contribution is -2.23. The van der Waals surface area contributed by atoms with Gasteiger partial charge in [0.05, 0.1) is 11.6 Å². The number of hydrogen-bond donors (Lipinski definition) is 1. The van der Waals surface area contributed by atoms with E-state index < -0.39 is 5.82 Å². The summed E-state index contributed by atoms with van der Waals surface area (Å²) in [5, 5.41) is 11.5. The first-order valence-electron chi connectivity index (χ1n) is 6.13. The molecule has 4 heteroatoms. The van der Waals surface area contributed by atoms with Gasteiger partial charge in [-0.25, -0.2) is 4.39 Å². The molecule has 0 bridgehead atoms. The average molecular weight is 268 g/mol. The van der Waals surface area contributed by atoms with Crippen LogP contribution in [0.3, 0.4) is 0 Å². The lowest BCUT2D eigenvalue weighted by atomic mass is 10.1. The second-order valence-electron chi connectivity index (χ2n) is 4.46. The first kappa shape index (κ1) is 13.8. The standard InChI is InChI=1S/C16H13FN2O/c1-11-5-6-14(8-15(11)17)16(20)19-10-13-4-2-3-12(7-13)9-18/h2-8H,10H2,1H3,(H,19,20). The van der Waals surface area contributed by atoms with Crippen LogP contribution in [0.5, 0.6) is 0 Å². The van der Waals surface area contributed by atoms with Gasteiger partial charge >= 0.3 is 0 Å². The number of carbonyl (C=O) groups is 1. The molecule has 0 aliphatic carbocycles. The van der Waals surface area contributed by atoms with E-state index in [0.29, 0.717) is 17.7 Å². The van der Waals surface area contributed by atoms with Crippen molar-refractivity contribution in [1.82, 2.24) is 5.32 Å². The molecule has 0 saturated carbocycles. The zero-order chi connectivity index (χ0) is 14.5. The van der Waals surface area contributed by atoms with Crippen LogP contribution in [0.1, 0.15) is 27.0 Å². The molecule has 0 heterocycles. The van der Waals surface area contributed by atoms with E-state index in [1.807, 2.05) is 12.1 Å². The van der Waals surface area contributed by atoms with Crippen LogP contribution in [0, 0.1) is 24.1 Å². The first-order valence-corrected chi connectivity index (χ1v) is 6.13. The van der Waals surface area contributed by atoms with E-state index in [2.05, 4.69) is 5.32 Å². The Bertz CT molecular complexity index is 689. The third-order valence-electron chi connectivity index (χ3n) is 2.94. The van der Waals surface area contributed by atoms with Crippen molar-refractivity contribution in [3.63, 3.8) is 0 Å². The monoisotopic (exact) mass is 268 g/mol. The predicted octanol–water partition coefficient (Wildman–Crippen LogP) is 2.94. The maximum atomic E-state index is 13.4. The summed E-state index contributed by atoms with van der Waals surface area (Å²) in [4.78, 5) is 11.9. The molecule has 0 atom stereocenters. The van der Waals surface area contributed by atoms with Crippen LogP contribution in [0.4, 0.5) is 4.39 Å². The predicted molar refractivity (Wildman–Crippen MR) is 73.5 cm³/mol. The number of rotatable bonds is 3. The Balaban J connectivity index is 2.05. The molecular formula is C16H13FN2O. The summed E-state index contributed by atoms with van der Waals surface area (Å²) in [5.74, 6) is -0.740. The molecule has 0 unspecified atom stereocenters. The second kappa shape index (κ2) is 5.98. The van der Waals surface area contributed by atoms with Gasteiger partial charge < -0.3 is 5.32 Å². The molecular weight excluding hydrogens is 255 g/mol. The van der Waals surface area contributed by atoms with Gasteiger partial charge in [-0.05, 0) is 42.3 Å². The van der Waals surface area contributed by atoms with Crippen molar-refractivity contribution in [3.8, 4) is 6.07 Å². The van der Waals surface area contributed by atoms with Crippen molar-refractivity contribution >= 4 is 5.91 Å². The minimum absolute atomic E-state index is 0.282. The molecule has 100 valence electrons. The van der Waals surface area contributed by atoms with Gasteiger partial charge in [-0.15, -0.1) is 0 Å². The Labute approximate surface area is 116 Å². The fraction of sp³-hybridized carbons (Fsp3) is 0.125. The molecule has 2 aromatic carbocycles. The van der Waals surface area contributed by atoms with Crippen LogP contribution < -0.4 is 5.32 Å². The molecule has 1 N–H and O–H groups in total. The van der Waals surface area contributed by atoms with Gasteiger partial charge in [0.15, 0.2) is 0 Å². The number of halogens is 1. The van der Waals surface area contributed by atoms with Crippen LogP contribution in [0.2, 0.25) is 0 Å². The second-order valence-corrected chi connectivity index (χ2v) is 4.46. The van der Waals surface area contributed by atoms with Crippen molar-refractivity contribution in [2.45, 2.75) is 13.5 Å². The van der Waals surface area contributed by atoms with Crippen molar-refractivity contribution in [2.24, 2.45) is 0 Å². The maximum Gasteiger partial charge on any atom is 0.251 e. The van der Waals surface area contributed by atoms with Gasteiger partial charge in [-0.2, -0.15) is 5.26 Å². The number of hydrogen-bond acceptors (Lipinski definition) is 2. The Kier molecular flexibility index (Phi) is 4.11. The summed E-state index contributed by atoms with van der Waals surface area (Å²) in [6.45, 7) is 1.94. The van der Waals surface area contributed by atoms with E-state index in [-0.39, 0.29) is 11.5 Å². The minimum atomic E-state index is -0.399. The van der Waals surface area contributed by atoms with Gasteiger partial charge in [0.25, 0.3) is 5.91 Å². The van der Waals surface area contributed by atoms with Crippen LogP contribution in [-0.2, 0) is 6.54 Å². The van der Waals surface area contributed by atoms with E-state index in [1.54, 1.807) is 37.3 Å². The quantitative estimate of drug-likeness (QED) is 0.930. The zero-order valence-corrected chi connectivity index (χ0v) is 11.0. The van der Waals surface area contributed by atoms with Gasteiger partial charge in [-0.3, -0.25) is 4.79 Å². The third kappa shape index (κ3) is 3.21. The van der Waals surface area contributed by atoms with E-state index >= 15 is 0 Å². The fourth-order valence-electron chi connectivity index (χ4n) is 1.77. The molecule has 0 aliphatic heterocycles. The first-order chi connectivity index (χ1) is 9.60. The number of carbonyl (C=O) groups excluding carboxylic acids is 1. The van der Waals surface area contributed by atoms with Gasteiger partial charge in [-0.1, -0.05) is 18.2 Å². The highest BCUT2D eigenvalue weighted by molar-refractivity contribution is 5.94. The molecule has 1 amide bonds. The molecule has 2 rings (SSSR count). The number of benzene rings is 2. The normalized spacial score (nSPS) is 9.85. The molecule has 0 spiro atoms. The highest BCUT2D eigenvalue weighted by Crippen LogP contribution is 2.10. The Hall–Kier alpha value is -2.67. The Morgan fingerprint density at radius 1 is 1.30 bits per heavy atom. The van der Waals surface area contributed by atoms with Crippen molar-refractivity contribution in [1.29, 1.82) is 5.26 Å². The summed E-state index contributed by atoms with van der Waals surface area (Å²) in [6.07, 6.45) is 0. The van der Waals surface area contributed by atoms with E-state index in [1.165, 1.54) is 6.07 Å². The molecule has 0 fully saturated rings. The SMILES string of the molecule is Cc1ccc(C(=O)NCc2cccc(C#N)c2)cc1F. The van der Waals surface area contributed by atoms with Crippen molar-refractivity contribution in [3.05, 3.63) is 70.5 Å². The number of amides is 1. The minimum Gasteiger partial charge on any atom is -0.348 e. The highest BCUT2D eigenvalue weighted by atomic mass is 19.1. The number of nitrogens with one attached hydrogen (secondary N) is 1. The molecule has 2 aromatic rings. The van der Waals surface area contributed by atoms with Gasteiger partial charge in [0.1, 0.15) is 5.82 Å². The highest BCUT2D eigenvalue weighted by Gasteiger charge is 2.07. The molecule has 0 radical (unpaired) electrons. The molecule has 20 heavy (non-hydrogen) atoms. The zero-order valence-electron chi connectivity index (χ0n) is 11.0. The van der Waals surface area contributed by atoms with Gasteiger partial charge in [0.2, 0.25) is 0 Å². The smallest absolute Gasteiger partial charge is 0.251 e. The van der Waals surface area contributed by atoms with E-state index in [0.717, 1.165) is 5.56 Å². The Morgan fingerprint density at radius 3 is 2.80 bits per heavy atom. The topological polar surface area (TPSA) is 52.9 Å². The van der Waals surface area contributed by atoms with Crippen molar-refractivity contribution in [2.75, 3.05) is 0 Å². The summed E-state index contributed by atoms with van der Waals surface area (Å²) < 4.78 is 13.4. The number of aryl methyl sites for hydroxylation is 1. The third-order valence-corrected chi connectivity index (χ3v) is 2.94. The average Bonchev–Trinajstić information content (AvgIpc) is 2.47. The van der Waals surface area contributed by atoms with Crippen LogP contribution >= 0.6 is 0 Å². The van der Waals surface area contributed by atoms with Crippen LogP contribution in [0.15, 0.2) is 42.5 Å². The summed E-state index contributed by atoms with van der Waals surface area (Å²) in [7, 11) is 0. The maximum absolute atomic E-state index is 13.4. The Morgan fingerprint density at radius 2 is 2.10 bits per heavy atom. The number of nitrogens with zero attached hydrogens (tertiary/aromatic N) is 1. The summed E-state index contributed by atoms with van der Waals surface area (Å²) in [6, 6.07) is 13.4. The lowest BCUT2D eigenvalue weighted by molar-refractivity contribution is 0.0950. The van der Waals surface area contributed by atoms with E-state index in [9.17, 15) is 9.18 Å². The summed E-state index contributed by atoms with van der Waals surface area (Å²) >= 11 is 0. The lowest BCUT2D eigenvalue weighted by Gasteiger charge is -2.06. The van der Waals surface area contributed by atoms with Crippen LogP contribution in [-0.4, -0.2) is 5.91 Å². The van der Waals surface area contributed by atoms with Gasteiger partial charge in [0, 0.05) is 12.1 Å². The van der Waals surface area contributed by atoms with Crippen LogP contribution in [0.25, 0.3) is 0 Å². The molecule has 3 nitrogen and oxygen atoms in total. The largest absolute Gasteiger partial charge is 0.348 e. The fourth-order valence-corrected chi connectivity index (χ4v) is 1.77. The van der Waals surface area contributed by atoms with Crippen molar-refractivity contribution < 1.29 is 9.18 Å². The molecule has 0 aromatic heterocycles.